The Bertz CT molecular complexity index is 164. The largest absolute Gasteiger partial charge is 0.326 e. The average Bonchev–Trinajstić information content (AvgIpc) is 1.91. The van der Waals surface area contributed by atoms with E-state index in [1.807, 2.05) is 18.2 Å². The fourth-order valence-corrected chi connectivity index (χ4v) is 0.665. The van der Waals surface area contributed by atoms with Gasteiger partial charge in [-0.1, -0.05) is 18.2 Å². The molecule has 0 atom stereocenters. The van der Waals surface area contributed by atoms with Gasteiger partial charge in [0.1, 0.15) is 0 Å². The van der Waals surface area contributed by atoms with E-state index in [4.69, 9.17) is 0 Å². The molecule has 9 heavy (non-hydrogen) atoms. The summed E-state index contributed by atoms with van der Waals surface area (Å²) in [5, 5.41) is 0. The normalized spacial score (nSPS) is 9.00. The van der Waals surface area contributed by atoms with Gasteiger partial charge >= 0.3 is 0 Å². The number of hydrogen-bond acceptors (Lipinski definition) is 2. The molecule has 1 aromatic rings. The van der Waals surface area contributed by atoms with Crippen molar-refractivity contribution in [3.8, 4) is 5.75 Å². The van der Waals surface area contributed by atoms with Crippen LogP contribution in [0.4, 0.5) is 0 Å². The van der Waals surface area contributed by atoms with Crippen molar-refractivity contribution in [2.24, 2.45) is 0 Å². The van der Waals surface area contributed by atoms with Gasteiger partial charge in [0, 0.05) is 0 Å². The molecule has 0 N–H and O–H groups in total. The Morgan fingerprint density at radius 2 is 1.78 bits per heavy atom. The second-order valence-corrected chi connectivity index (χ2v) is 1.72. The minimum Gasteiger partial charge on any atom is -0.326 e. The van der Waals surface area contributed by atoms with Gasteiger partial charge in [0.2, 0.25) is 0 Å². The predicted molar refractivity (Wildman–Crippen MR) is 37.1 cm³/mol. The van der Waals surface area contributed by atoms with Crippen molar-refractivity contribution < 1.29 is 8.87 Å². The molecule has 1 rings (SSSR count). The smallest absolute Gasteiger partial charge is 0.166 e. The monoisotopic (exact) mass is 188 g/mol. The highest BCUT2D eigenvalue weighted by molar-refractivity contribution is 9.05. The van der Waals surface area contributed by atoms with Crippen LogP contribution in [0.5, 0.6) is 5.75 Å². The molecule has 0 saturated heterocycles. The summed E-state index contributed by atoms with van der Waals surface area (Å²) in [5.41, 5.74) is 0. The van der Waals surface area contributed by atoms with E-state index in [2.05, 4.69) is 25.1 Å². The minimum absolute atomic E-state index is 0.675. The third kappa shape index (κ3) is 2.03. The van der Waals surface area contributed by atoms with E-state index in [-0.39, 0.29) is 0 Å². The molecule has 0 aromatic heterocycles. The summed E-state index contributed by atoms with van der Waals surface area (Å²) in [6, 6.07) is 9.21. The van der Waals surface area contributed by atoms with E-state index in [1.54, 1.807) is 12.1 Å². The van der Waals surface area contributed by atoms with Gasteiger partial charge < -0.3 is 4.89 Å². The molecule has 0 unspecified atom stereocenters. The highest BCUT2D eigenvalue weighted by Crippen LogP contribution is 2.09. The Balaban J connectivity index is 2.61. The summed E-state index contributed by atoms with van der Waals surface area (Å²) in [5.74, 6) is 0.675. The van der Waals surface area contributed by atoms with Crippen LogP contribution >= 0.6 is 16.3 Å². The van der Waals surface area contributed by atoms with Gasteiger partial charge in [0.15, 0.2) is 22.0 Å². The van der Waals surface area contributed by atoms with Gasteiger partial charge in [-0.3, -0.25) is 0 Å². The van der Waals surface area contributed by atoms with Crippen molar-refractivity contribution in [2.75, 3.05) is 0 Å². The van der Waals surface area contributed by atoms with E-state index in [0.717, 1.165) is 0 Å². The van der Waals surface area contributed by atoms with Crippen LogP contribution in [0.1, 0.15) is 0 Å². The SMILES string of the molecule is BrOOc1ccccc1. The highest BCUT2D eigenvalue weighted by atomic mass is 79.9. The molecule has 0 fully saturated rings. The Labute approximate surface area is 61.8 Å². The zero-order chi connectivity index (χ0) is 6.53. The first-order chi connectivity index (χ1) is 4.43. The van der Waals surface area contributed by atoms with E-state index in [0.29, 0.717) is 5.75 Å². The maximum atomic E-state index is 4.62. The first-order valence-corrected chi connectivity index (χ1v) is 3.08. The lowest BCUT2D eigenvalue weighted by Crippen LogP contribution is -1.82. The topological polar surface area (TPSA) is 18.5 Å². The number of halogens is 1. The fourth-order valence-electron chi connectivity index (χ4n) is 0.512. The lowest BCUT2D eigenvalue weighted by atomic mass is 10.3. The molecule has 2 nitrogen and oxygen atoms in total. The molecule has 48 valence electrons. The van der Waals surface area contributed by atoms with Crippen molar-refractivity contribution in [3.63, 3.8) is 0 Å². The van der Waals surface area contributed by atoms with Gasteiger partial charge in [-0.05, 0) is 12.1 Å². The minimum atomic E-state index is 0.675. The average molecular weight is 189 g/mol. The highest BCUT2D eigenvalue weighted by Gasteiger charge is 1.86. The predicted octanol–water partition coefficient (Wildman–Crippen LogP) is 2.31. The van der Waals surface area contributed by atoms with Crippen LogP contribution in [0.3, 0.4) is 0 Å². The second-order valence-electron chi connectivity index (χ2n) is 1.46. The number of rotatable bonds is 2. The maximum absolute atomic E-state index is 4.62. The molecule has 0 radical (unpaired) electrons. The molecule has 0 bridgehead atoms. The van der Waals surface area contributed by atoms with Crippen LogP contribution in [0.2, 0.25) is 0 Å². The standard InChI is InChI=1S/C6H5BrO2/c7-9-8-6-4-2-1-3-5-6/h1-5H. The molecule has 0 aliphatic carbocycles. The van der Waals surface area contributed by atoms with Crippen LogP contribution in [0.15, 0.2) is 30.3 Å². The maximum Gasteiger partial charge on any atom is 0.166 e. The summed E-state index contributed by atoms with van der Waals surface area (Å²) >= 11 is 2.66. The Hall–Kier alpha value is -0.540. The zero-order valence-electron chi connectivity index (χ0n) is 4.58. The Morgan fingerprint density at radius 3 is 2.33 bits per heavy atom. The summed E-state index contributed by atoms with van der Waals surface area (Å²) in [6.45, 7) is 0. The Kier molecular flexibility index (Phi) is 2.54. The van der Waals surface area contributed by atoms with Crippen molar-refractivity contribution in [3.05, 3.63) is 30.3 Å². The molecule has 0 saturated carbocycles. The van der Waals surface area contributed by atoms with Gasteiger partial charge in [-0.2, -0.15) is 0 Å². The third-order valence-electron chi connectivity index (χ3n) is 0.871. The number of benzene rings is 1. The molecule has 0 spiro atoms. The van der Waals surface area contributed by atoms with Gasteiger partial charge in [-0.15, -0.1) is 3.98 Å². The molecule has 0 heterocycles. The van der Waals surface area contributed by atoms with Crippen LogP contribution < -0.4 is 4.89 Å². The fraction of sp³-hybridized carbons (Fsp3) is 0. The van der Waals surface area contributed by atoms with Crippen molar-refractivity contribution >= 4 is 16.3 Å². The lowest BCUT2D eigenvalue weighted by Gasteiger charge is -1.94. The second kappa shape index (κ2) is 3.48. The van der Waals surface area contributed by atoms with Gasteiger partial charge in [-0.25, -0.2) is 0 Å². The Morgan fingerprint density at radius 1 is 1.11 bits per heavy atom. The molecular weight excluding hydrogens is 184 g/mol. The van der Waals surface area contributed by atoms with Crippen LogP contribution in [0, 0.1) is 0 Å². The van der Waals surface area contributed by atoms with Gasteiger partial charge in [0.25, 0.3) is 0 Å². The summed E-state index contributed by atoms with van der Waals surface area (Å²) in [6.07, 6.45) is 0. The molecule has 0 aliphatic rings. The first kappa shape index (κ1) is 6.58. The number of hydrogen-bond donors (Lipinski definition) is 0. The van der Waals surface area contributed by atoms with Gasteiger partial charge in [0.05, 0.1) is 0 Å². The van der Waals surface area contributed by atoms with E-state index in [9.17, 15) is 0 Å². The van der Waals surface area contributed by atoms with E-state index >= 15 is 0 Å². The van der Waals surface area contributed by atoms with Crippen molar-refractivity contribution in [2.45, 2.75) is 0 Å². The summed E-state index contributed by atoms with van der Waals surface area (Å²) in [4.78, 5) is 4.62. The van der Waals surface area contributed by atoms with E-state index in [1.165, 1.54) is 0 Å². The molecule has 3 heteroatoms. The van der Waals surface area contributed by atoms with Crippen molar-refractivity contribution in [1.82, 2.24) is 0 Å². The molecular formula is C6H5BrO2. The van der Waals surface area contributed by atoms with Crippen LogP contribution in [-0.4, -0.2) is 0 Å². The third-order valence-corrected chi connectivity index (χ3v) is 1.00. The molecule has 1 aromatic carbocycles. The van der Waals surface area contributed by atoms with Crippen LogP contribution in [-0.2, 0) is 3.98 Å². The lowest BCUT2D eigenvalue weighted by molar-refractivity contribution is -0.0653. The zero-order valence-corrected chi connectivity index (χ0v) is 6.17. The summed E-state index contributed by atoms with van der Waals surface area (Å²) < 4.78 is 4.24. The first-order valence-electron chi connectivity index (χ1n) is 2.44. The quantitative estimate of drug-likeness (QED) is 0.524. The summed E-state index contributed by atoms with van der Waals surface area (Å²) in [7, 11) is 0. The van der Waals surface area contributed by atoms with E-state index < -0.39 is 0 Å². The van der Waals surface area contributed by atoms with Crippen molar-refractivity contribution in [1.29, 1.82) is 0 Å². The molecule has 0 amide bonds. The number of para-hydroxylation sites is 1. The molecule has 0 aliphatic heterocycles. The van der Waals surface area contributed by atoms with Crippen LogP contribution in [0.25, 0.3) is 0 Å².